The third kappa shape index (κ3) is 1.53. The highest BCUT2D eigenvalue weighted by Crippen LogP contribution is 2.46. The molecule has 0 aromatic carbocycles. The van der Waals surface area contributed by atoms with E-state index in [9.17, 15) is 0 Å². The van der Waals surface area contributed by atoms with Crippen LogP contribution in [0.5, 0.6) is 0 Å². The van der Waals surface area contributed by atoms with E-state index in [1.807, 2.05) is 12.3 Å². The average molecular weight is 262 g/mol. The van der Waals surface area contributed by atoms with Gasteiger partial charge in [-0.3, -0.25) is 0 Å². The van der Waals surface area contributed by atoms with Gasteiger partial charge in [-0.1, -0.05) is 18.0 Å². The Kier molecular flexibility index (Phi) is 2.31. The second-order valence-corrected chi connectivity index (χ2v) is 6.05. The highest BCUT2D eigenvalue weighted by molar-refractivity contribution is 6.34. The lowest BCUT2D eigenvalue weighted by Crippen LogP contribution is -2.26. The van der Waals surface area contributed by atoms with E-state index in [1.54, 1.807) is 6.20 Å². The van der Waals surface area contributed by atoms with Crippen LogP contribution in [-0.4, -0.2) is 16.0 Å². The van der Waals surface area contributed by atoms with Crippen LogP contribution in [-0.2, 0) is 0 Å². The highest BCUT2D eigenvalue weighted by atomic mass is 35.5. The lowest BCUT2D eigenvalue weighted by atomic mass is 9.95. The van der Waals surface area contributed by atoms with Crippen LogP contribution in [0, 0.1) is 11.8 Å². The number of halogens is 1. The maximum atomic E-state index is 6.30. The van der Waals surface area contributed by atoms with E-state index in [0.29, 0.717) is 6.04 Å². The van der Waals surface area contributed by atoms with Gasteiger partial charge in [0.2, 0.25) is 0 Å². The van der Waals surface area contributed by atoms with E-state index in [0.717, 1.165) is 33.6 Å². The number of fused-ring (bicyclic) bond motifs is 3. The number of anilines is 1. The lowest BCUT2D eigenvalue weighted by Gasteiger charge is -2.24. The molecule has 2 aliphatic rings. The van der Waals surface area contributed by atoms with Crippen LogP contribution in [0.2, 0.25) is 5.02 Å². The van der Waals surface area contributed by atoms with Crippen molar-refractivity contribution in [3.63, 3.8) is 0 Å². The van der Waals surface area contributed by atoms with Gasteiger partial charge in [0, 0.05) is 17.6 Å². The zero-order chi connectivity index (χ0) is 12.1. The molecule has 0 radical (unpaired) electrons. The number of hydrogen-bond acceptors (Lipinski definition) is 2. The molecule has 2 N–H and O–H groups in total. The van der Waals surface area contributed by atoms with E-state index < -0.39 is 0 Å². The quantitative estimate of drug-likeness (QED) is 0.863. The van der Waals surface area contributed by atoms with Crippen LogP contribution in [0.4, 0.5) is 5.69 Å². The van der Waals surface area contributed by atoms with E-state index in [2.05, 4.69) is 15.3 Å². The fourth-order valence-electron chi connectivity index (χ4n) is 3.74. The summed E-state index contributed by atoms with van der Waals surface area (Å²) in [6.07, 6.45) is 9.15. The normalized spacial score (nSPS) is 30.2. The first-order chi connectivity index (χ1) is 8.81. The zero-order valence-electron chi connectivity index (χ0n) is 10.1. The molecule has 2 heterocycles. The number of pyridine rings is 1. The van der Waals surface area contributed by atoms with E-state index >= 15 is 0 Å². The van der Waals surface area contributed by atoms with Crippen LogP contribution in [0.25, 0.3) is 11.0 Å². The number of hydrogen-bond donors (Lipinski definition) is 2. The van der Waals surface area contributed by atoms with Crippen molar-refractivity contribution in [3.05, 3.63) is 23.5 Å². The number of nitrogens with zero attached hydrogens (tertiary/aromatic N) is 1. The number of aromatic amines is 1. The molecule has 0 spiro atoms. The van der Waals surface area contributed by atoms with E-state index in [4.69, 9.17) is 11.6 Å². The Morgan fingerprint density at radius 3 is 3.06 bits per heavy atom. The van der Waals surface area contributed by atoms with Gasteiger partial charge < -0.3 is 10.3 Å². The zero-order valence-corrected chi connectivity index (χ0v) is 10.9. The summed E-state index contributed by atoms with van der Waals surface area (Å²) in [7, 11) is 0. The van der Waals surface area contributed by atoms with Crippen LogP contribution in [0.15, 0.2) is 18.5 Å². The Labute approximate surface area is 111 Å². The van der Waals surface area contributed by atoms with Crippen LogP contribution in [0.3, 0.4) is 0 Å². The van der Waals surface area contributed by atoms with Crippen molar-refractivity contribution >= 4 is 28.3 Å². The first-order valence-electron chi connectivity index (χ1n) is 6.69. The van der Waals surface area contributed by atoms with Gasteiger partial charge in [0.05, 0.1) is 16.9 Å². The standard InChI is InChI=1S/C14H16ClN3/c15-11-7-17-14-10(3-4-16-14)13(11)18-12-6-8-1-2-9(12)5-8/h3-4,7-9,12H,1-2,5-6H2,(H2,16,17,18)/t8-,9+,12+/m0/s1. The van der Waals surface area contributed by atoms with Crippen molar-refractivity contribution in [2.24, 2.45) is 11.8 Å². The van der Waals surface area contributed by atoms with E-state index in [-0.39, 0.29) is 0 Å². The van der Waals surface area contributed by atoms with Gasteiger partial charge in [0.25, 0.3) is 0 Å². The lowest BCUT2D eigenvalue weighted by molar-refractivity contribution is 0.440. The monoisotopic (exact) mass is 261 g/mol. The third-order valence-corrected chi connectivity index (χ3v) is 4.89. The molecule has 0 aliphatic heterocycles. The summed E-state index contributed by atoms with van der Waals surface area (Å²) in [5, 5.41) is 5.51. The first-order valence-corrected chi connectivity index (χ1v) is 7.07. The Hall–Kier alpha value is -1.22. The molecule has 0 saturated heterocycles. The van der Waals surface area contributed by atoms with Gasteiger partial charge in [-0.15, -0.1) is 0 Å². The topological polar surface area (TPSA) is 40.7 Å². The highest BCUT2D eigenvalue weighted by Gasteiger charge is 2.39. The van der Waals surface area contributed by atoms with Crippen molar-refractivity contribution in [2.45, 2.75) is 31.7 Å². The molecule has 94 valence electrons. The Balaban J connectivity index is 1.70. The molecular formula is C14H16ClN3. The molecule has 2 aromatic heterocycles. The minimum atomic E-state index is 0.599. The summed E-state index contributed by atoms with van der Waals surface area (Å²) in [4.78, 5) is 7.43. The van der Waals surface area contributed by atoms with Crippen molar-refractivity contribution in [1.82, 2.24) is 9.97 Å². The largest absolute Gasteiger partial charge is 0.380 e. The Bertz CT molecular complexity index is 592. The summed E-state index contributed by atoms with van der Waals surface area (Å²) in [5.41, 5.74) is 1.96. The van der Waals surface area contributed by atoms with Crippen LogP contribution >= 0.6 is 11.6 Å². The van der Waals surface area contributed by atoms with Crippen molar-refractivity contribution < 1.29 is 0 Å². The molecule has 0 amide bonds. The van der Waals surface area contributed by atoms with Crippen molar-refractivity contribution in [2.75, 3.05) is 5.32 Å². The molecule has 2 saturated carbocycles. The minimum absolute atomic E-state index is 0.599. The van der Waals surface area contributed by atoms with Gasteiger partial charge >= 0.3 is 0 Å². The maximum absolute atomic E-state index is 6.30. The Morgan fingerprint density at radius 1 is 1.33 bits per heavy atom. The molecule has 4 rings (SSSR count). The predicted molar refractivity (Wildman–Crippen MR) is 74.0 cm³/mol. The van der Waals surface area contributed by atoms with Crippen LogP contribution < -0.4 is 5.32 Å². The van der Waals surface area contributed by atoms with E-state index in [1.165, 1.54) is 25.7 Å². The molecule has 3 nitrogen and oxygen atoms in total. The molecule has 18 heavy (non-hydrogen) atoms. The third-order valence-electron chi connectivity index (χ3n) is 4.61. The molecule has 2 aromatic rings. The predicted octanol–water partition coefficient (Wildman–Crippen LogP) is 3.82. The number of nitrogens with one attached hydrogen (secondary N) is 2. The summed E-state index contributed by atoms with van der Waals surface area (Å²) >= 11 is 6.30. The molecule has 2 fully saturated rings. The van der Waals surface area contributed by atoms with Gasteiger partial charge in [-0.05, 0) is 37.2 Å². The maximum Gasteiger partial charge on any atom is 0.139 e. The van der Waals surface area contributed by atoms with Gasteiger partial charge in [0.1, 0.15) is 5.65 Å². The molecule has 2 bridgehead atoms. The molecule has 4 heteroatoms. The minimum Gasteiger partial charge on any atom is -0.380 e. The molecular weight excluding hydrogens is 246 g/mol. The van der Waals surface area contributed by atoms with Gasteiger partial charge in [0.15, 0.2) is 0 Å². The number of rotatable bonds is 2. The summed E-state index contributed by atoms with van der Waals surface area (Å²) < 4.78 is 0. The second-order valence-electron chi connectivity index (χ2n) is 5.65. The Morgan fingerprint density at radius 2 is 2.28 bits per heavy atom. The summed E-state index contributed by atoms with van der Waals surface area (Å²) in [5.74, 6) is 1.78. The summed E-state index contributed by atoms with van der Waals surface area (Å²) in [6.45, 7) is 0. The summed E-state index contributed by atoms with van der Waals surface area (Å²) in [6, 6.07) is 2.64. The fourth-order valence-corrected chi connectivity index (χ4v) is 3.94. The SMILES string of the molecule is Clc1cnc2[nH]ccc2c1N[C@@H]1C[C@H]2CC[C@@H]1C2. The van der Waals surface area contributed by atoms with Gasteiger partial charge in [-0.25, -0.2) is 4.98 Å². The van der Waals surface area contributed by atoms with Gasteiger partial charge in [-0.2, -0.15) is 0 Å². The number of H-pyrrole nitrogens is 1. The molecule has 3 atom stereocenters. The van der Waals surface area contributed by atoms with Crippen LogP contribution in [0.1, 0.15) is 25.7 Å². The number of aromatic nitrogens is 2. The second kappa shape index (κ2) is 3.89. The fraction of sp³-hybridized carbons (Fsp3) is 0.500. The smallest absolute Gasteiger partial charge is 0.139 e. The van der Waals surface area contributed by atoms with Crippen molar-refractivity contribution in [1.29, 1.82) is 0 Å². The molecule has 0 unspecified atom stereocenters. The molecule has 2 aliphatic carbocycles. The first kappa shape index (κ1) is 10.7. The average Bonchev–Trinajstić information content (AvgIpc) is 3.07. The van der Waals surface area contributed by atoms with Crippen molar-refractivity contribution in [3.8, 4) is 0 Å².